The molecule has 0 N–H and O–H groups in total. The third kappa shape index (κ3) is 3.56. The Hall–Kier alpha value is -0.420. The maximum absolute atomic E-state index is 5.69. The van der Waals surface area contributed by atoms with Crippen LogP contribution in [0, 0.1) is 0 Å². The van der Waals surface area contributed by atoms with Crippen LogP contribution in [-0.4, -0.2) is 9.97 Å². The number of nitrogens with zero attached hydrogens (tertiary/aromatic N) is 2. The Bertz CT molecular complexity index is 414. The van der Waals surface area contributed by atoms with Gasteiger partial charge in [-0.2, -0.15) is 0 Å². The maximum Gasteiger partial charge on any atom is 0.129 e. The fourth-order valence-corrected chi connectivity index (χ4v) is 2.94. The van der Waals surface area contributed by atoms with Crippen molar-refractivity contribution < 1.29 is 0 Å². The van der Waals surface area contributed by atoms with E-state index < -0.39 is 0 Å². The molecule has 0 atom stereocenters. The predicted molar refractivity (Wildman–Crippen MR) is 70.2 cm³/mol. The van der Waals surface area contributed by atoms with Gasteiger partial charge in [0.15, 0.2) is 0 Å². The number of aromatic nitrogens is 2. The molecule has 0 aromatic carbocycles. The SMILES string of the molecule is Clc1ccc(SSc2ccc(Cl)nc2)cn1. The highest BCUT2D eigenvalue weighted by Crippen LogP contribution is 2.36. The lowest BCUT2D eigenvalue weighted by molar-refractivity contribution is 1.24. The van der Waals surface area contributed by atoms with Gasteiger partial charge in [-0.25, -0.2) is 9.97 Å². The quantitative estimate of drug-likeness (QED) is 0.610. The van der Waals surface area contributed by atoms with Crippen LogP contribution in [0.4, 0.5) is 0 Å². The molecule has 0 radical (unpaired) electrons. The van der Waals surface area contributed by atoms with Gasteiger partial charge in [0.1, 0.15) is 10.3 Å². The van der Waals surface area contributed by atoms with Crippen molar-refractivity contribution in [1.29, 1.82) is 0 Å². The third-order valence-corrected chi connectivity index (χ3v) is 4.44. The summed E-state index contributed by atoms with van der Waals surface area (Å²) in [5.41, 5.74) is 0. The monoisotopic (exact) mass is 288 g/mol. The number of hydrogen-bond donors (Lipinski definition) is 0. The fourth-order valence-electron chi connectivity index (χ4n) is 0.919. The molecule has 0 unspecified atom stereocenters. The lowest BCUT2D eigenvalue weighted by atomic mass is 10.5. The van der Waals surface area contributed by atoms with Crippen LogP contribution in [0.3, 0.4) is 0 Å². The zero-order valence-corrected chi connectivity index (χ0v) is 11.1. The predicted octanol–water partition coefficient (Wildman–Crippen LogP) is 4.58. The molecule has 0 aliphatic heterocycles. The molecule has 6 heteroatoms. The van der Waals surface area contributed by atoms with Gasteiger partial charge in [0.2, 0.25) is 0 Å². The summed E-state index contributed by atoms with van der Waals surface area (Å²) in [5, 5.41) is 1.00. The van der Waals surface area contributed by atoms with Crippen molar-refractivity contribution in [3.8, 4) is 0 Å². The number of pyridine rings is 2. The molecule has 2 rings (SSSR count). The molecule has 16 heavy (non-hydrogen) atoms. The Morgan fingerprint density at radius 3 is 1.50 bits per heavy atom. The summed E-state index contributed by atoms with van der Waals surface area (Å²) >= 11 is 11.4. The molecule has 0 saturated carbocycles. The first-order valence-corrected chi connectivity index (χ1v) is 7.22. The summed E-state index contributed by atoms with van der Waals surface area (Å²) < 4.78 is 0. The molecule has 2 nitrogen and oxygen atoms in total. The normalized spacial score (nSPS) is 10.4. The van der Waals surface area contributed by atoms with Crippen molar-refractivity contribution >= 4 is 44.8 Å². The highest BCUT2D eigenvalue weighted by molar-refractivity contribution is 8.76. The van der Waals surface area contributed by atoms with Crippen molar-refractivity contribution in [2.45, 2.75) is 9.79 Å². The second kappa shape index (κ2) is 5.77. The first-order valence-electron chi connectivity index (χ1n) is 4.32. The Balaban J connectivity index is 1.97. The summed E-state index contributed by atoms with van der Waals surface area (Å²) in [5.74, 6) is 0. The van der Waals surface area contributed by atoms with Gasteiger partial charge < -0.3 is 0 Å². The van der Waals surface area contributed by atoms with Crippen LogP contribution in [0.2, 0.25) is 10.3 Å². The molecular weight excluding hydrogens is 283 g/mol. The van der Waals surface area contributed by atoms with E-state index in [4.69, 9.17) is 23.2 Å². The summed E-state index contributed by atoms with van der Waals surface area (Å²) in [6.45, 7) is 0. The van der Waals surface area contributed by atoms with Crippen LogP contribution in [0.25, 0.3) is 0 Å². The minimum atomic E-state index is 0.502. The average molecular weight is 289 g/mol. The largest absolute Gasteiger partial charge is 0.243 e. The lowest BCUT2D eigenvalue weighted by Crippen LogP contribution is -1.76. The third-order valence-electron chi connectivity index (χ3n) is 1.63. The zero-order chi connectivity index (χ0) is 11.4. The second-order valence-electron chi connectivity index (χ2n) is 2.80. The van der Waals surface area contributed by atoms with E-state index in [1.165, 1.54) is 0 Å². The van der Waals surface area contributed by atoms with Crippen molar-refractivity contribution in [3.05, 3.63) is 47.0 Å². The number of rotatable bonds is 3. The van der Waals surface area contributed by atoms with Crippen LogP contribution in [0.15, 0.2) is 46.5 Å². The molecule has 0 aliphatic rings. The molecule has 82 valence electrons. The van der Waals surface area contributed by atoms with E-state index in [2.05, 4.69) is 9.97 Å². The highest BCUT2D eigenvalue weighted by Gasteiger charge is 1.99. The Labute approximate surface area is 111 Å². The zero-order valence-electron chi connectivity index (χ0n) is 7.93. The van der Waals surface area contributed by atoms with E-state index in [0.717, 1.165) is 9.79 Å². The molecule has 2 aromatic heterocycles. The minimum Gasteiger partial charge on any atom is -0.243 e. The molecule has 0 aliphatic carbocycles. The summed E-state index contributed by atoms with van der Waals surface area (Å²) in [6, 6.07) is 7.39. The highest BCUT2D eigenvalue weighted by atomic mass is 35.5. The summed E-state index contributed by atoms with van der Waals surface area (Å²) in [7, 11) is 3.20. The van der Waals surface area contributed by atoms with Crippen LogP contribution in [0.5, 0.6) is 0 Å². The maximum atomic E-state index is 5.69. The Morgan fingerprint density at radius 1 is 0.750 bits per heavy atom. The van der Waals surface area contributed by atoms with E-state index in [0.29, 0.717) is 10.3 Å². The fraction of sp³-hybridized carbons (Fsp3) is 0. The van der Waals surface area contributed by atoms with Gasteiger partial charge >= 0.3 is 0 Å². The van der Waals surface area contributed by atoms with E-state index in [1.807, 2.05) is 12.1 Å². The van der Waals surface area contributed by atoms with Gasteiger partial charge in [-0.15, -0.1) is 0 Å². The van der Waals surface area contributed by atoms with Crippen molar-refractivity contribution in [2.24, 2.45) is 0 Å². The van der Waals surface area contributed by atoms with Crippen LogP contribution < -0.4 is 0 Å². The molecule has 0 spiro atoms. The molecule has 0 saturated heterocycles. The minimum absolute atomic E-state index is 0.502. The first-order chi connectivity index (χ1) is 7.74. The van der Waals surface area contributed by atoms with Crippen LogP contribution in [0.1, 0.15) is 0 Å². The van der Waals surface area contributed by atoms with E-state index >= 15 is 0 Å². The van der Waals surface area contributed by atoms with Crippen LogP contribution >= 0.6 is 44.8 Å². The van der Waals surface area contributed by atoms with Gasteiger partial charge in [0, 0.05) is 22.2 Å². The number of hydrogen-bond acceptors (Lipinski definition) is 4. The first kappa shape index (κ1) is 12.0. The van der Waals surface area contributed by atoms with Gasteiger partial charge in [-0.1, -0.05) is 44.8 Å². The summed E-state index contributed by atoms with van der Waals surface area (Å²) in [6.07, 6.45) is 3.48. The Morgan fingerprint density at radius 2 is 1.19 bits per heavy atom. The van der Waals surface area contributed by atoms with Gasteiger partial charge in [-0.05, 0) is 24.3 Å². The molecular formula is C10H6Cl2N2S2. The molecule has 0 amide bonds. The molecule has 2 heterocycles. The number of halogens is 2. The standard InChI is InChI=1S/C10H6Cl2N2S2/c11-9-3-1-7(5-13-9)15-16-8-2-4-10(12)14-6-8/h1-6H. The molecule has 2 aromatic rings. The lowest BCUT2D eigenvalue weighted by Gasteiger charge is -2.00. The topological polar surface area (TPSA) is 25.8 Å². The van der Waals surface area contributed by atoms with Gasteiger partial charge in [0.05, 0.1) is 0 Å². The molecule has 0 bridgehead atoms. The molecule has 0 fully saturated rings. The second-order valence-corrected chi connectivity index (χ2v) is 5.85. The van der Waals surface area contributed by atoms with Gasteiger partial charge in [-0.3, -0.25) is 0 Å². The van der Waals surface area contributed by atoms with E-state index in [1.54, 1.807) is 46.1 Å². The van der Waals surface area contributed by atoms with Crippen molar-refractivity contribution in [2.75, 3.05) is 0 Å². The smallest absolute Gasteiger partial charge is 0.129 e. The summed E-state index contributed by atoms with van der Waals surface area (Å²) in [4.78, 5) is 10.1. The van der Waals surface area contributed by atoms with E-state index in [9.17, 15) is 0 Å². The van der Waals surface area contributed by atoms with Crippen molar-refractivity contribution in [3.63, 3.8) is 0 Å². The average Bonchev–Trinajstić information content (AvgIpc) is 2.30. The van der Waals surface area contributed by atoms with Crippen LogP contribution in [-0.2, 0) is 0 Å². The Kier molecular flexibility index (Phi) is 4.35. The van der Waals surface area contributed by atoms with E-state index in [-0.39, 0.29) is 0 Å². The van der Waals surface area contributed by atoms with Gasteiger partial charge in [0.25, 0.3) is 0 Å². The van der Waals surface area contributed by atoms with Crippen molar-refractivity contribution in [1.82, 2.24) is 9.97 Å².